The maximum absolute atomic E-state index is 5.84. The molecular weight excluding hydrogens is 312 g/mol. The van der Waals surface area contributed by atoms with Gasteiger partial charge < -0.3 is 5.73 Å². The average Bonchev–Trinajstić information content (AvgIpc) is 3.25. The second-order valence-electron chi connectivity index (χ2n) is 4.88. The van der Waals surface area contributed by atoms with Crippen LogP contribution in [0.1, 0.15) is 5.69 Å². The minimum Gasteiger partial charge on any atom is -0.330 e. The smallest absolute Gasteiger partial charge is 0.195 e. The van der Waals surface area contributed by atoms with Crippen LogP contribution >= 0.6 is 22.7 Å². The van der Waals surface area contributed by atoms with Crippen molar-refractivity contribution in [1.29, 1.82) is 0 Å². The zero-order chi connectivity index (χ0) is 14.9. The van der Waals surface area contributed by atoms with E-state index in [1.807, 2.05) is 18.2 Å². The van der Waals surface area contributed by atoms with Crippen LogP contribution in [0.3, 0.4) is 0 Å². The molecule has 6 heteroatoms. The second-order valence-corrected chi connectivity index (χ2v) is 6.66. The van der Waals surface area contributed by atoms with Crippen LogP contribution < -0.4 is 5.73 Å². The minimum atomic E-state index is 0.591. The topological polar surface area (TPSA) is 56.2 Å². The zero-order valence-corrected chi connectivity index (χ0v) is 13.4. The lowest BCUT2D eigenvalue weighted by molar-refractivity contribution is 0.913. The summed E-state index contributed by atoms with van der Waals surface area (Å²) in [5.74, 6) is 0. The molecule has 4 aromatic rings. The molecule has 0 aliphatic carbocycles. The molecule has 4 aromatic heterocycles. The highest BCUT2D eigenvalue weighted by Gasteiger charge is 2.19. The molecule has 0 aliphatic rings. The fourth-order valence-corrected chi connectivity index (χ4v) is 4.30. The Bertz CT molecular complexity index is 891. The highest BCUT2D eigenvalue weighted by molar-refractivity contribution is 7.17. The van der Waals surface area contributed by atoms with Gasteiger partial charge in [0.15, 0.2) is 4.96 Å². The fraction of sp³-hybridized carbons (Fsp3) is 0.125. The second kappa shape index (κ2) is 5.64. The Balaban J connectivity index is 1.98. The molecule has 0 saturated heterocycles. The van der Waals surface area contributed by atoms with Gasteiger partial charge in [0.25, 0.3) is 0 Å². The molecule has 2 N–H and O–H groups in total. The van der Waals surface area contributed by atoms with Crippen LogP contribution in [0.2, 0.25) is 0 Å². The zero-order valence-electron chi connectivity index (χ0n) is 11.8. The van der Waals surface area contributed by atoms with E-state index in [1.54, 1.807) is 28.9 Å². The van der Waals surface area contributed by atoms with Gasteiger partial charge in [-0.1, -0.05) is 12.1 Å². The van der Waals surface area contributed by atoms with E-state index in [-0.39, 0.29) is 0 Å². The Kier molecular flexibility index (Phi) is 3.49. The molecule has 4 rings (SSSR count). The van der Waals surface area contributed by atoms with Crippen molar-refractivity contribution >= 4 is 27.6 Å². The molecule has 0 aliphatic heterocycles. The molecule has 110 valence electrons. The summed E-state index contributed by atoms with van der Waals surface area (Å²) in [4.78, 5) is 11.5. The maximum Gasteiger partial charge on any atom is 0.195 e. The molecule has 4 nitrogen and oxygen atoms in total. The Morgan fingerprint density at radius 1 is 1.14 bits per heavy atom. The number of pyridine rings is 1. The molecule has 0 radical (unpaired) electrons. The number of hydrogen-bond acceptors (Lipinski definition) is 5. The molecule has 0 amide bonds. The molecule has 0 saturated carbocycles. The average molecular weight is 326 g/mol. The molecule has 4 heterocycles. The number of nitrogens with zero attached hydrogens (tertiary/aromatic N) is 3. The summed E-state index contributed by atoms with van der Waals surface area (Å²) in [5.41, 5.74) is 10.0. The summed E-state index contributed by atoms with van der Waals surface area (Å²) in [7, 11) is 0. The van der Waals surface area contributed by atoms with Crippen molar-refractivity contribution < 1.29 is 0 Å². The first-order valence-electron chi connectivity index (χ1n) is 7.02. The van der Waals surface area contributed by atoms with Crippen LogP contribution in [0, 0.1) is 0 Å². The van der Waals surface area contributed by atoms with Gasteiger partial charge in [-0.25, -0.2) is 4.98 Å². The maximum atomic E-state index is 5.84. The van der Waals surface area contributed by atoms with Gasteiger partial charge in [-0.2, -0.15) is 0 Å². The van der Waals surface area contributed by atoms with Gasteiger partial charge in [-0.15, -0.1) is 22.7 Å². The Labute approximate surface area is 135 Å². The van der Waals surface area contributed by atoms with Crippen LogP contribution in [0.4, 0.5) is 0 Å². The van der Waals surface area contributed by atoms with Crippen molar-refractivity contribution in [3.8, 4) is 22.0 Å². The predicted molar refractivity (Wildman–Crippen MR) is 92.4 cm³/mol. The van der Waals surface area contributed by atoms with Crippen molar-refractivity contribution in [2.24, 2.45) is 5.73 Å². The first kappa shape index (κ1) is 13.6. The van der Waals surface area contributed by atoms with Gasteiger partial charge in [0.05, 0.1) is 22.0 Å². The summed E-state index contributed by atoms with van der Waals surface area (Å²) < 4.78 is 2.23. The third-order valence-corrected chi connectivity index (χ3v) is 5.24. The van der Waals surface area contributed by atoms with E-state index in [4.69, 9.17) is 10.7 Å². The van der Waals surface area contributed by atoms with Gasteiger partial charge in [-0.05, 0) is 30.1 Å². The lowest BCUT2D eigenvalue weighted by Crippen LogP contribution is -2.06. The van der Waals surface area contributed by atoms with E-state index >= 15 is 0 Å². The first-order valence-corrected chi connectivity index (χ1v) is 8.78. The van der Waals surface area contributed by atoms with Gasteiger partial charge in [0.2, 0.25) is 0 Å². The number of hydrogen-bond donors (Lipinski definition) is 1. The Hall–Kier alpha value is -2.02. The molecule has 0 aromatic carbocycles. The summed E-state index contributed by atoms with van der Waals surface area (Å²) in [6, 6.07) is 10.1. The van der Waals surface area contributed by atoms with E-state index in [9.17, 15) is 0 Å². The monoisotopic (exact) mass is 326 g/mol. The lowest BCUT2D eigenvalue weighted by Gasteiger charge is -2.04. The predicted octanol–water partition coefficient (Wildman–Crippen LogP) is 3.69. The van der Waals surface area contributed by atoms with Crippen LogP contribution in [-0.2, 0) is 6.42 Å². The molecular formula is C16H14N4S2. The molecule has 0 bridgehead atoms. The number of rotatable bonds is 4. The summed E-state index contributed by atoms with van der Waals surface area (Å²) in [5, 5.41) is 4.26. The van der Waals surface area contributed by atoms with E-state index in [0.717, 1.165) is 28.5 Å². The number of thiophene rings is 1. The van der Waals surface area contributed by atoms with E-state index < -0.39 is 0 Å². The Morgan fingerprint density at radius 3 is 2.82 bits per heavy atom. The number of nitrogens with two attached hydrogens (primary N) is 1. The van der Waals surface area contributed by atoms with Crippen LogP contribution in [0.25, 0.3) is 26.9 Å². The Morgan fingerprint density at radius 2 is 2.09 bits per heavy atom. The number of fused-ring (bicyclic) bond motifs is 1. The number of aromatic nitrogens is 3. The van der Waals surface area contributed by atoms with Crippen molar-refractivity contribution in [2.75, 3.05) is 6.54 Å². The van der Waals surface area contributed by atoms with E-state index in [2.05, 4.69) is 32.3 Å². The third-order valence-electron chi connectivity index (χ3n) is 3.52. The molecule has 0 unspecified atom stereocenters. The summed E-state index contributed by atoms with van der Waals surface area (Å²) in [6.07, 6.45) is 2.58. The molecule has 0 fully saturated rings. The molecule has 0 atom stereocenters. The standard InChI is InChI=1S/C16H14N4S2/c17-7-6-12-15(11-4-1-2-8-18-11)19-16-20(12)13(10-22-16)14-5-3-9-21-14/h1-5,8-10H,6-7,17H2. The normalized spacial score (nSPS) is 11.3. The van der Waals surface area contributed by atoms with Crippen LogP contribution in [-0.4, -0.2) is 20.9 Å². The van der Waals surface area contributed by atoms with Gasteiger partial charge in [-0.3, -0.25) is 9.38 Å². The summed E-state index contributed by atoms with van der Waals surface area (Å²) in [6.45, 7) is 0.591. The van der Waals surface area contributed by atoms with Crippen molar-refractivity contribution in [1.82, 2.24) is 14.4 Å². The lowest BCUT2D eigenvalue weighted by atomic mass is 10.2. The van der Waals surface area contributed by atoms with E-state index in [1.165, 1.54) is 10.6 Å². The van der Waals surface area contributed by atoms with Crippen LogP contribution in [0.15, 0.2) is 47.3 Å². The third kappa shape index (κ3) is 2.16. The van der Waals surface area contributed by atoms with Crippen molar-refractivity contribution in [3.63, 3.8) is 0 Å². The van der Waals surface area contributed by atoms with Gasteiger partial charge >= 0.3 is 0 Å². The van der Waals surface area contributed by atoms with Crippen molar-refractivity contribution in [3.05, 3.63) is 53.0 Å². The number of thiazole rings is 1. The van der Waals surface area contributed by atoms with E-state index in [0.29, 0.717) is 6.54 Å². The quantitative estimate of drug-likeness (QED) is 0.622. The molecule has 22 heavy (non-hydrogen) atoms. The van der Waals surface area contributed by atoms with Gasteiger partial charge in [0.1, 0.15) is 5.69 Å². The van der Waals surface area contributed by atoms with Crippen LogP contribution in [0.5, 0.6) is 0 Å². The highest BCUT2D eigenvalue weighted by atomic mass is 32.1. The molecule has 0 spiro atoms. The largest absolute Gasteiger partial charge is 0.330 e. The summed E-state index contributed by atoms with van der Waals surface area (Å²) >= 11 is 3.40. The minimum absolute atomic E-state index is 0.591. The van der Waals surface area contributed by atoms with Gasteiger partial charge in [0, 0.05) is 18.0 Å². The SMILES string of the molecule is NCCc1c(-c2ccccn2)nc2scc(-c3cccs3)n12. The number of imidazole rings is 1. The van der Waals surface area contributed by atoms with Crippen molar-refractivity contribution in [2.45, 2.75) is 6.42 Å². The fourth-order valence-electron chi connectivity index (χ4n) is 2.59. The highest BCUT2D eigenvalue weighted by Crippen LogP contribution is 2.34. The first-order chi connectivity index (χ1) is 10.9.